The summed E-state index contributed by atoms with van der Waals surface area (Å²) < 4.78 is 16.2. The van der Waals surface area contributed by atoms with E-state index in [2.05, 4.69) is 14.8 Å². The lowest BCUT2D eigenvalue weighted by Gasteiger charge is -2.09. The van der Waals surface area contributed by atoms with Gasteiger partial charge in [-0.05, 0) is 42.7 Å². The number of benzene rings is 2. The molecule has 0 spiro atoms. The molecule has 122 valence electrons. The maximum absolute atomic E-state index is 14.1. The van der Waals surface area contributed by atoms with E-state index in [-0.39, 0.29) is 5.82 Å². The molecular formula is C18H15ClFN3S. The van der Waals surface area contributed by atoms with Gasteiger partial charge in [0.05, 0.1) is 5.56 Å². The molecule has 1 fully saturated rings. The topological polar surface area (TPSA) is 30.7 Å². The van der Waals surface area contributed by atoms with E-state index in [1.807, 2.05) is 30.3 Å². The summed E-state index contributed by atoms with van der Waals surface area (Å²) in [6, 6.07) is 14.9. The number of halogens is 2. The molecule has 0 radical (unpaired) electrons. The van der Waals surface area contributed by atoms with Crippen LogP contribution in [0.5, 0.6) is 0 Å². The standard InChI is InChI=1S/C18H15ClFN3S/c19-13-7-5-12(6-8-13)11-24-18-22-21-17(23(18)14-9-10-14)15-3-1-2-4-16(15)20/h1-8,14H,9-11H2. The van der Waals surface area contributed by atoms with E-state index in [9.17, 15) is 4.39 Å². The predicted molar refractivity (Wildman–Crippen MR) is 94.7 cm³/mol. The Balaban J connectivity index is 1.62. The SMILES string of the molecule is Fc1ccccc1-c1nnc(SCc2ccc(Cl)cc2)n1C1CC1. The van der Waals surface area contributed by atoms with E-state index in [1.165, 1.54) is 11.6 Å². The second-order valence-corrected chi connectivity index (χ2v) is 7.18. The highest BCUT2D eigenvalue weighted by atomic mass is 35.5. The van der Waals surface area contributed by atoms with Crippen LogP contribution in [-0.2, 0) is 5.75 Å². The molecule has 2 aromatic carbocycles. The Hall–Kier alpha value is -1.85. The second kappa shape index (κ2) is 6.57. The lowest BCUT2D eigenvalue weighted by atomic mass is 10.2. The van der Waals surface area contributed by atoms with Crippen molar-refractivity contribution < 1.29 is 4.39 Å². The van der Waals surface area contributed by atoms with Crippen molar-refractivity contribution in [1.82, 2.24) is 14.8 Å². The molecule has 0 bridgehead atoms. The van der Waals surface area contributed by atoms with Crippen LogP contribution in [0.3, 0.4) is 0 Å². The summed E-state index contributed by atoms with van der Waals surface area (Å²) in [7, 11) is 0. The molecule has 24 heavy (non-hydrogen) atoms. The van der Waals surface area contributed by atoms with Gasteiger partial charge < -0.3 is 0 Å². The summed E-state index contributed by atoms with van der Waals surface area (Å²) >= 11 is 7.54. The van der Waals surface area contributed by atoms with Crippen molar-refractivity contribution in [3.63, 3.8) is 0 Å². The van der Waals surface area contributed by atoms with Gasteiger partial charge in [0.25, 0.3) is 0 Å². The van der Waals surface area contributed by atoms with Gasteiger partial charge in [0.15, 0.2) is 11.0 Å². The average molecular weight is 360 g/mol. The summed E-state index contributed by atoms with van der Waals surface area (Å²) in [5, 5.41) is 10.1. The minimum absolute atomic E-state index is 0.263. The quantitative estimate of drug-likeness (QED) is 0.574. The van der Waals surface area contributed by atoms with Crippen molar-refractivity contribution in [3.8, 4) is 11.4 Å². The maximum atomic E-state index is 14.1. The smallest absolute Gasteiger partial charge is 0.192 e. The van der Waals surface area contributed by atoms with Gasteiger partial charge in [0.1, 0.15) is 5.82 Å². The number of thioether (sulfide) groups is 1. The van der Waals surface area contributed by atoms with Crippen LogP contribution >= 0.6 is 23.4 Å². The maximum Gasteiger partial charge on any atom is 0.192 e. The Morgan fingerprint density at radius 3 is 2.54 bits per heavy atom. The summed E-state index contributed by atoms with van der Waals surface area (Å²) in [4.78, 5) is 0. The first-order chi connectivity index (χ1) is 11.7. The molecule has 0 saturated heterocycles. The van der Waals surface area contributed by atoms with E-state index in [4.69, 9.17) is 11.6 Å². The highest BCUT2D eigenvalue weighted by Gasteiger charge is 2.30. The lowest BCUT2D eigenvalue weighted by Crippen LogP contribution is -2.01. The monoisotopic (exact) mass is 359 g/mol. The van der Waals surface area contributed by atoms with Crippen LogP contribution in [0.2, 0.25) is 5.02 Å². The van der Waals surface area contributed by atoms with Crippen molar-refractivity contribution in [2.24, 2.45) is 0 Å². The van der Waals surface area contributed by atoms with Crippen molar-refractivity contribution >= 4 is 23.4 Å². The van der Waals surface area contributed by atoms with Crippen LogP contribution in [-0.4, -0.2) is 14.8 Å². The first-order valence-electron chi connectivity index (χ1n) is 7.79. The summed E-state index contributed by atoms with van der Waals surface area (Å²) in [6.07, 6.45) is 2.18. The highest BCUT2D eigenvalue weighted by molar-refractivity contribution is 7.98. The molecule has 3 nitrogen and oxygen atoms in total. The molecule has 1 saturated carbocycles. The van der Waals surface area contributed by atoms with Crippen LogP contribution in [0.15, 0.2) is 53.7 Å². The fourth-order valence-corrected chi connectivity index (χ4v) is 3.68. The first-order valence-corrected chi connectivity index (χ1v) is 9.16. The molecule has 4 rings (SSSR count). The van der Waals surface area contributed by atoms with Crippen LogP contribution in [0.25, 0.3) is 11.4 Å². The van der Waals surface area contributed by atoms with Gasteiger partial charge in [0.2, 0.25) is 0 Å². The molecule has 0 unspecified atom stereocenters. The summed E-state index contributed by atoms with van der Waals surface area (Å²) in [6.45, 7) is 0. The van der Waals surface area contributed by atoms with Crippen LogP contribution in [0.1, 0.15) is 24.4 Å². The van der Waals surface area contributed by atoms with Crippen LogP contribution < -0.4 is 0 Å². The fourth-order valence-electron chi connectivity index (χ4n) is 2.59. The first kappa shape index (κ1) is 15.7. The second-order valence-electron chi connectivity index (χ2n) is 5.80. The molecule has 3 aromatic rings. The third-order valence-corrected chi connectivity index (χ3v) is 5.24. The van der Waals surface area contributed by atoms with Crippen molar-refractivity contribution in [2.75, 3.05) is 0 Å². The fraction of sp³-hybridized carbons (Fsp3) is 0.222. The molecule has 0 N–H and O–H groups in total. The normalized spacial score (nSPS) is 14.1. The van der Waals surface area contributed by atoms with Crippen LogP contribution in [0, 0.1) is 5.82 Å². The number of rotatable bonds is 5. The van der Waals surface area contributed by atoms with Gasteiger partial charge >= 0.3 is 0 Å². The molecular weight excluding hydrogens is 345 g/mol. The van der Waals surface area contributed by atoms with Gasteiger partial charge in [-0.25, -0.2) is 4.39 Å². The highest BCUT2D eigenvalue weighted by Crippen LogP contribution is 2.41. The number of nitrogens with zero attached hydrogens (tertiary/aromatic N) is 3. The van der Waals surface area contributed by atoms with Gasteiger partial charge in [0, 0.05) is 16.8 Å². The van der Waals surface area contributed by atoms with Crippen molar-refractivity contribution in [3.05, 3.63) is 64.9 Å². The molecule has 0 aliphatic heterocycles. The van der Waals surface area contributed by atoms with Crippen molar-refractivity contribution in [1.29, 1.82) is 0 Å². The van der Waals surface area contributed by atoms with Gasteiger partial charge in [-0.3, -0.25) is 4.57 Å². The molecule has 1 aliphatic rings. The van der Waals surface area contributed by atoms with E-state index in [1.54, 1.807) is 23.9 Å². The Labute approximate surface area is 148 Å². The lowest BCUT2D eigenvalue weighted by molar-refractivity contribution is 0.622. The average Bonchev–Trinajstić information content (AvgIpc) is 3.35. The number of aromatic nitrogens is 3. The minimum atomic E-state index is -0.263. The minimum Gasteiger partial charge on any atom is -0.299 e. The summed E-state index contributed by atoms with van der Waals surface area (Å²) in [5.41, 5.74) is 1.68. The van der Waals surface area contributed by atoms with E-state index in [0.29, 0.717) is 17.4 Å². The molecule has 6 heteroatoms. The van der Waals surface area contributed by atoms with Gasteiger partial charge in [-0.1, -0.05) is 47.6 Å². The molecule has 1 aromatic heterocycles. The Kier molecular flexibility index (Phi) is 4.29. The molecule has 0 atom stereocenters. The van der Waals surface area contributed by atoms with E-state index >= 15 is 0 Å². The Morgan fingerprint density at radius 1 is 1.08 bits per heavy atom. The van der Waals surface area contributed by atoms with E-state index in [0.717, 1.165) is 28.8 Å². The zero-order chi connectivity index (χ0) is 16.5. The molecule has 1 heterocycles. The Bertz CT molecular complexity index is 859. The van der Waals surface area contributed by atoms with Gasteiger partial charge in [-0.2, -0.15) is 0 Å². The number of hydrogen-bond donors (Lipinski definition) is 0. The number of hydrogen-bond acceptors (Lipinski definition) is 3. The van der Waals surface area contributed by atoms with Crippen molar-refractivity contribution in [2.45, 2.75) is 29.8 Å². The molecule has 1 aliphatic carbocycles. The zero-order valence-corrected chi connectivity index (χ0v) is 14.4. The Morgan fingerprint density at radius 2 is 1.83 bits per heavy atom. The van der Waals surface area contributed by atoms with E-state index < -0.39 is 0 Å². The third kappa shape index (κ3) is 3.19. The van der Waals surface area contributed by atoms with Gasteiger partial charge in [-0.15, -0.1) is 10.2 Å². The van der Waals surface area contributed by atoms with Crippen LogP contribution in [0.4, 0.5) is 4.39 Å². The largest absolute Gasteiger partial charge is 0.299 e. The predicted octanol–water partition coefficient (Wildman–Crippen LogP) is 5.36. The molecule has 0 amide bonds. The summed E-state index contributed by atoms with van der Waals surface area (Å²) in [5.74, 6) is 1.13. The third-order valence-electron chi connectivity index (χ3n) is 3.97. The zero-order valence-electron chi connectivity index (χ0n) is 12.8.